The third-order valence-corrected chi connectivity index (χ3v) is 3.50. The van der Waals surface area contributed by atoms with E-state index in [1.54, 1.807) is 0 Å². The molecule has 16 heavy (non-hydrogen) atoms. The standard InChI is InChI=1S/C13H22N2S/c1-4-16-10-8-11(2)15-12(3)13-7-5-6-9-14-13/h5-7,9,11-12,15H,4,8,10H2,1-3H3. The van der Waals surface area contributed by atoms with Gasteiger partial charge >= 0.3 is 0 Å². The van der Waals surface area contributed by atoms with Gasteiger partial charge in [0.2, 0.25) is 0 Å². The van der Waals surface area contributed by atoms with Crippen molar-refractivity contribution in [3.63, 3.8) is 0 Å². The zero-order valence-corrected chi connectivity index (χ0v) is 11.3. The van der Waals surface area contributed by atoms with Crippen LogP contribution in [-0.4, -0.2) is 22.5 Å². The smallest absolute Gasteiger partial charge is 0.0570 e. The number of nitrogens with one attached hydrogen (secondary N) is 1. The van der Waals surface area contributed by atoms with Crippen LogP contribution in [0.3, 0.4) is 0 Å². The number of thioether (sulfide) groups is 1. The molecule has 0 aromatic carbocycles. The molecule has 90 valence electrons. The van der Waals surface area contributed by atoms with Crippen molar-refractivity contribution in [2.45, 2.75) is 39.3 Å². The Bertz CT molecular complexity index is 277. The fourth-order valence-electron chi connectivity index (χ4n) is 1.63. The largest absolute Gasteiger partial charge is 0.306 e. The Labute approximate surface area is 103 Å². The fraction of sp³-hybridized carbons (Fsp3) is 0.615. The summed E-state index contributed by atoms with van der Waals surface area (Å²) < 4.78 is 0. The molecule has 1 aromatic rings. The number of rotatable bonds is 7. The Hall–Kier alpha value is -0.540. The topological polar surface area (TPSA) is 24.9 Å². The lowest BCUT2D eigenvalue weighted by molar-refractivity contribution is 0.465. The highest BCUT2D eigenvalue weighted by atomic mass is 32.2. The highest BCUT2D eigenvalue weighted by Crippen LogP contribution is 2.11. The lowest BCUT2D eigenvalue weighted by Gasteiger charge is -2.19. The zero-order chi connectivity index (χ0) is 11.8. The molecule has 2 unspecified atom stereocenters. The molecule has 0 aliphatic carbocycles. The monoisotopic (exact) mass is 238 g/mol. The molecule has 3 heteroatoms. The summed E-state index contributed by atoms with van der Waals surface area (Å²) in [4.78, 5) is 4.36. The molecule has 2 nitrogen and oxygen atoms in total. The molecule has 0 radical (unpaired) electrons. The minimum absolute atomic E-state index is 0.336. The van der Waals surface area contributed by atoms with Crippen molar-refractivity contribution in [2.24, 2.45) is 0 Å². The van der Waals surface area contributed by atoms with E-state index in [4.69, 9.17) is 0 Å². The molecule has 0 aliphatic rings. The minimum atomic E-state index is 0.336. The predicted molar refractivity (Wildman–Crippen MR) is 72.9 cm³/mol. The lowest BCUT2D eigenvalue weighted by Crippen LogP contribution is -2.29. The van der Waals surface area contributed by atoms with Crippen LogP contribution in [0.4, 0.5) is 0 Å². The van der Waals surface area contributed by atoms with Crippen LogP contribution in [-0.2, 0) is 0 Å². The van der Waals surface area contributed by atoms with Gasteiger partial charge in [0.15, 0.2) is 0 Å². The summed E-state index contributed by atoms with van der Waals surface area (Å²) >= 11 is 2.00. The van der Waals surface area contributed by atoms with E-state index in [-0.39, 0.29) is 0 Å². The fourth-order valence-corrected chi connectivity index (χ4v) is 2.44. The van der Waals surface area contributed by atoms with Gasteiger partial charge in [-0.3, -0.25) is 4.98 Å². The second-order valence-corrected chi connectivity index (χ2v) is 5.42. The van der Waals surface area contributed by atoms with E-state index in [0.29, 0.717) is 12.1 Å². The summed E-state index contributed by atoms with van der Waals surface area (Å²) in [6.45, 7) is 6.63. The van der Waals surface area contributed by atoms with Gasteiger partial charge in [-0.15, -0.1) is 0 Å². The third kappa shape index (κ3) is 4.99. The second-order valence-electron chi connectivity index (χ2n) is 4.03. The van der Waals surface area contributed by atoms with Crippen LogP contribution in [0, 0.1) is 0 Å². The minimum Gasteiger partial charge on any atom is -0.306 e. The molecule has 0 aliphatic heterocycles. The van der Waals surface area contributed by atoms with Crippen molar-refractivity contribution in [3.05, 3.63) is 30.1 Å². The van der Waals surface area contributed by atoms with Crippen LogP contribution in [0.1, 0.15) is 38.9 Å². The van der Waals surface area contributed by atoms with Gasteiger partial charge in [-0.2, -0.15) is 11.8 Å². The van der Waals surface area contributed by atoms with E-state index >= 15 is 0 Å². The van der Waals surface area contributed by atoms with E-state index < -0.39 is 0 Å². The average Bonchev–Trinajstić information content (AvgIpc) is 2.30. The summed E-state index contributed by atoms with van der Waals surface area (Å²) in [5.74, 6) is 2.45. The third-order valence-electron chi connectivity index (χ3n) is 2.57. The van der Waals surface area contributed by atoms with Gasteiger partial charge in [-0.05, 0) is 43.9 Å². The number of hydrogen-bond acceptors (Lipinski definition) is 3. The molecule has 0 spiro atoms. The molecule has 1 heterocycles. The Balaban J connectivity index is 2.31. The maximum atomic E-state index is 4.36. The molecular formula is C13H22N2S. The van der Waals surface area contributed by atoms with E-state index in [2.05, 4.69) is 37.1 Å². The summed E-state index contributed by atoms with van der Waals surface area (Å²) in [6.07, 6.45) is 3.07. The van der Waals surface area contributed by atoms with E-state index in [0.717, 1.165) is 5.69 Å². The van der Waals surface area contributed by atoms with Crippen molar-refractivity contribution >= 4 is 11.8 Å². The van der Waals surface area contributed by atoms with Gasteiger partial charge in [0.25, 0.3) is 0 Å². The van der Waals surface area contributed by atoms with Gasteiger partial charge in [-0.1, -0.05) is 13.0 Å². The van der Waals surface area contributed by atoms with Crippen molar-refractivity contribution in [2.75, 3.05) is 11.5 Å². The van der Waals surface area contributed by atoms with E-state index in [9.17, 15) is 0 Å². The van der Waals surface area contributed by atoms with Crippen molar-refractivity contribution in [1.29, 1.82) is 0 Å². The quantitative estimate of drug-likeness (QED) is 0.738. The van der Waals surface area contributed by atoms with Crippen LogP contribution >= 0.6 is 11.8 Å². The summed E-state index contributed by atoms with van der Waals surface area (Å²) in [7, 11) is 0. The van der Waals surface area contributed by atoms with E-state index in [1.165, 1.54) is 17.9 Å². The number of aromatic nitrogens is 1. The first-order valence-corrected chi connectivity index (χ1v) is 7.14. The highest BCUT2D eigenvalue weighted by Gasteiger charge is 2.09. The number of nitrogens with zero attached hydrogens (tertiary/aromatic N) is 1. The SMILES string of the molecule is CCSCCC(C)NC(C)c1ccccn1. The molecule has 1 rings (SSSR count). The van der Waals surface area contributed by atoms with Crippen LogP contribution < -0.4 is 5.32 Å². The van der Waals surface area contributed by atoms with Gasteiger partial charge < -0.3 is 5.32 Å². The molecule has 0 fully saturated rings. The molecule has 0 amide bonds. The first-order valence-electron chi connectivity index (χ1n) is 5.98. The molecule has 1 aromatic heterocycles. The predicted octanol–water partition coefficient (Wildman–Crippen LogP) is 3.26. The average molecular weight is 238 g/mol. The normalized spacial score (nSPS) is 14.7. The van der Waals surface area contributed by atoms with Crippen LogP contribution in [0.2, 0.25) is 0 Å². The zero-order valence-electron chi connectivity index (χ0n) is 10.4. The Kier molecular flexibility index (Phi) is 6.50. The maximum absolute atomic E-state index is 4.36. The van der Waals surface area contributed by atoms with Crippen LogP contribution in [0.15, 0.2) is 24.4 Å². The Morgan fingerprint density at radius 3 is 2.81 bits per heavy atom. The van der Waals surface area contributed by atoms with Crippen LogP contribution in [0.5, 0.6) is 0 Å². The molecule has 0 saturated heterocycles. The van der Waals surface area contributed by atoms with E-state index in [1.807, 2.05) is 30.1 Å². The van der Waals surface area contributed by atoms with Crippen LogP contribution in [0.25, 0.3) is 0 Å². The van der Waals surface area contributed by atoms with Gasteiger partial charge in [0.05, 0.1) is 5.69 Å². The first-order chi connectivity index (χ1) is 7.74. The molecular weight excluding hydrogens is 216 g/mol. The summed E-state index contributed by atoms with van der Waals surface area (Å²) in [5.41, 5.74) is 1.12. The summed E-state index contributed by atoms with van der Waals surface area (Å²) in [5, 5.41) is 3.58. The van der Waals surface area contributed by atoms with Crippen molar-refractivity contribution in [3.8, 4) is 0 Å². The highest BCUT2D eigenvalue weighted by molar-refractivity contribution is 7.99. The summed E-state index contributed by atoms with van der Waals surface area (Å²) in [6, 6.07) is 6.96. The number of pyridine rings is 1. The Morgan fingerprint density at radius 2 is 2.19 bits per heavy atom. The lowest BCUT2D eigenvalue weighted by atomic mass is 10.1. The first kappa shape index (κ1) is 13.5. The van der Waals surface area contributed by atoms with Crippen molar-refractivity contribution < 1.29 is 0 Å². The molecule has 2 atom stereocenters. The van der Waals surface area contributed by atoms with Gasteiger partial charge in [-0.25, -0.2) is 0 Å². The maximum Gasteiger partial charge on any atom is 0.0570 e. The number of hydrogen-bond donors (Lipinski definition) is 1. The molecule has 0 saturated carbocycles. The molecule has 0 bridgehead atoms. The molecule has 1 N–H and O–H groups in total. The van der Waals surface area contributed by atoms with Gasteiger partial charge in [0.1, 0.15) is 0 Å². The van der Waals surface area contributed by atoms with Crippen molar-refractivity contribution in [1.82, 2.24) is 10.3 Å². The Morgan fingerprint density at radius 1 is 1.38 bits per heavy atom. The second kappa shape index (κ2) is 7.69. The van der Waals surface area contributed by atoms with Gasteiger partial charge in [0, 0.05) is 18.3 Å².